The van der Waals surface area contributed by atoms with Crippen LogP contribution in [0.2, 0.25) is 0 Å². The molecule has 1 aromatic heterocycles. The monoisotopic (exact) mass is 289 g/mol. The number of thiazole rings is 1. The number of anilines is 1. The Kier molecular flexibility index (Phi) is 5.56. The highest BCUT2D eigenvalue weighted by atomic mass is 32.1. The summed E-state index contributed by atoms with van der Waals surface area (Å²) in [5, 5.41) is 4.54. The molecular weight excluding hydrogens is 266 g/mol. The van der Waals surface area contributed by atoms with Crippen LogP contribution in [0, 0.1) is 6.92 Å². The van der Waals surface area contributed by atoms with Gasteiger partial charge in [-0.1, -0.05) is 37.3 Å². The van der Waals surface area contributed by atoms with Crippen molar-refractivity contribution in [3.8, 4) is 0 Å². The van der Waals surface area contributed by atoms with Gasteiger partial charge in [-0.25, -0.2) is 4.98 Å². The fraction of sp³-hybridized carbons (Fsp3) is 0.438. The fourth-order valence-electron chi connectivity index (χ4n) is 2.04. The molecule has 4 heteroatoms. The first kappa shape index (κ1) is 15.0. The zero-order chi connectivity index (χ0) is 14.4. The largest absolute Gasteiger partial charge is 0.347 e. The van der Waals surface area contributed by atoms with Crippen LogP contribution < -0.4 is 10.2 Å². The zero-order valence-electron chi connectivity index (χ0n) is 12.5. The first-order valence-electron chi connectivity index (χ1n) is 7.12. The Labute approximate surface area is 125 Å². The van der Waals surface area contributed by atoms with Crippen molar-refractivity contribution in [3.63, 3.8) is 0 Å². The molecule has 0 aliphatic carbocycles. The van der Waals surface area contributed by atoms with Crippen LogP contribution in [-0.2, 0) is 13.1 Å². The highest BCUT2D eigenvalue weighted by Crippen LogP contribution is 2.26. The van der Waals surface area contributed by atoms with Crippen LogP contribution in [-0.4, -0.2) is 18.6 Å². The van der Waals surface area contributed by atoms with E-state index in [4.69, 9.17) is 0 Å². The molecule has 0 amide bonds. The molecule has 108 valence electrons. The van der Waals surface area contributed by atoms with Crippen molar-refractivity contribution in [2.24, 2.45) is 0 Å². The number of hydrogen-bond acceptors (Lipinski definition) is 4. The van der Waals surface area contributed by atoms with Crippen molar-refractivity contribution in [1.29, 1.82) is 0 Å². The molecule has 1 aromatic carbocycles. The summed E-state index contributed by atoms with van der Waals surface area (Å²) in [5.74, 6) is 0. The smallest absolute Gasteiger partial charge is 0.185 e. The van der Waals surface area contributed by atoms with Gasteiger partial charge in [0.15, 0.2) is 5.13 Å². The number of aromatic nitrogens is 1. The van der Waals surface area contributed by atoms with E-state index in [0.29, 0.717) is 0 Å². The Balaban J connectivity index is 1.99. The number of nitrogens with zero attached hydrogens (tertiary/aromatic N) is 2. The molecule has 0 atom stereocenters. The van der Waals surface area contributed by atoms with E-state index in [-0.39, 0.29) is 0 Å². The minimum atomic E-state index is 0.898. The molecule has 0 radical (unpaired) electrons. The molecule has 20 heavy (non-hydrogen) atoms. The Bertz CT molecular complexity index is 522. The van der Waals surface area contributed by atoms with Crippen LogP contribution in [0.15, 0.2) is 30.3 Å². The molecule has 0 saturated heterocycles. The number of rotatable bonds is 7. The van der Waals surface area contributed by atoms with Gasteiger partial charge in [-0.15, -0.1) is 11.3 Å². The first-order chi connectivity index (χ1) is 9.70. The second-order valence-electron chi connectivity index (χ2n) is 5.02. The third kappa shape index (κ3) is 4.05. The number of hydrogen-bond donors (Lipinski definition) is 1. The van der Waals surface area contributed by atoms with Crippen molar-refractivity contribution in [1.82, 2.24) is 10.3 Å². The molecule has 1 heterocycles. The molecule has 3 nitrogen and oxygen atoms in total. The maximum absolute atomic E-state index is 4.69. The number of nitrogens with one attached hydrogen (secondary N) is 1. The van der Waals surface area contributed by atoms with E-state index in [1.165, 1.54) is 16.9 Å². The molecule has 0 aliphatic heterocycles. The van der Waals surface area contributed by atoms with Gasteiger partial charge in [-0.3, -0.25) is 0 Å². The van der Waals surface area contributed by atoms with Crippen LogP contribution in [0.1, 0.15) is 29.5 Å². The minimum absolute atomic E-state index is 0.898. The Morgan fingerprint density at radius 3 is 2.70 bits per heavy atom. The van der Waals surface area contributed by atoms with Crippen molar-refractivity contribution >= 4 is 16.5 Å². The van der Waals surface area contributed by atoms with Gasteiger partial charge < -0.3 is 10.2 Å². The summed E-state index contributed by atoms with van der Waals surface area (Å²) in [7, 11) is 2.11. The molecule has 2 aromatic rings. The summed E-state index contributed by atoms with van der Waals surface area (Å²) in [6.45, 7) is 7.17. The predicted molar refractivity (Wildman–Crippen MR) is 87.4 cm³/mol. The van der Waals surface area contributed by atoms with E-state index in [2.05, 4.69) is 66.4 Å². The van der Waals surface area contributed by atoms with E-state index in [1.54, 1.807) is 11.3 Å². The van der Waals surface area contributed by atoms with Crippen LogP contribution in [0.25, 0.3) is 0 Å². The first-order valence-corrected chi connectivity index (χ1v) is 7.94. The third-order valence-electron chi connectivity index (χ3n) is 3.18. The molecule has 0 unspecified atom stereocenters. The third-order valence-corrected chi connectivity index (χ3v) is 4.45. The standard InChI is InChI=1S/C16H23N3S/c1-4-10-17-11-15-13(2)18-16(20-15)19(3)12-14-8-6-5-7-9-14/h5-9,17H,4,10-12H2,1-3H3. The van der Waals surface area contributed by atoms with Crippen LogP contribution >= 0.6 is 11.3 Å². The van der Waals surface area contributed by atoms with Gasteiger partial charge in [0, 0.05) is 25.0 Å². The van der Waals surface area contributed by atoms with Gasteiger partial charge in [0.2, 0.25) is 0 Å². The molecule has 1 N–H and O–H groups in total. The summed E-state index contributed by atoms with van der Waals surface area (Å²) >= 11 is 1.79. The van der Waals surface area contributed by atoms with Crippen LogP contribution in [0.5, 0.6) is 0 Å². The summed E-state index contributed by atoms with van der Waals surface area (Å²) in [6, 6.07) is 10.5. The molecule has 0 bridgehead atoms. The topological polar surface area (TPSA) is 28.2 Å². The van der Waals surface area contributed by atoms with Gasteiger partial charge in [-0.05, 0) is 25.5 Å². The van der Waals surface area contributed by atoms with E-state index in [0.717, 1.165) is 30.5 Å². The minimum Gasteiger partial charge on any atom is -0.347 e. The van der Waals surface area contributed by atoms with Gasteiger partial charge in [0.25, 0.3) is 0 Å². The second-order valence-corrected chi connectivity index (χ2v) is 6.09. The van der Waals surface area contributed by atoms with Gasteiger partial charge in [-0.2, -0.15) is 0 Å². The predicted octanol–water partition coefficient (Wildman–Crippen LogP) is 3.59. The van der Waals surface area contributed by atoms with Crippen LogP contribution in [0.4, 0.5) is 5.13 Å². The molecule has 0 spiro atoms. The molecule has 0 fully saturated rings. The SMILES string of the molecule is CCCNCc1sc(N(C)Cc2ccccc2)nc1C. The van der Waals surface area contributed by atoms with Crippen molar-refractivity contribution in [3.05, 3.63) is 46.5 Å². The Morgan fingerprint density at radius 1 is 1.25 bits per heavy atom. The van der Waals surface area contributed by atoms with Crippen molar-refractivity contribution in [2.45, 2.75) is 33.4 Å². The molecule has 0 aliphatic rings. The fourth-order valence-corrected chi connectivity index (χ4v) is 3.03. The van der Waals surface area contributed by atoms with E-state index >= 15 is 0 Å². The lowest BCUT2D eigenvalue weighted by atomic mass is 10.2. The number of aryl methyl sites for hydroxylation is 1. The van der Waals surface area contributed by atoms with E-state index in [9.17, 15) is 0 Å². The highest BCUT2D eigenvalue weighted by Gasteiger charge is 2.11. The van der Waals surface area contributed by atoms with E-state index in [1.807, 2.05) is 0 Å². The Hall–Kier alpha value is -1.39. The lowest BCUT2D eigenvalue weighted by Gasteiger charge is -2.15. The van der Waals surface area contributed by atoms with Gasteiger partial charge in [0.05, 0.1) is 5.69 Å². The van der Waals surface area contributed by atoms with Gasteiger partial charge in [0.1, 0.15) is 0 Å². The zero-order valence-corrected chi connectivity index (χ0v) is 13.3. The Morgan fingerprint density at radius 2 is 2.00 bits per heavy atom. The maximum Gasteiger partial charge on any atom is 0.185 e. The number of benzene rings is 1. The quantitative estimate of drug-likeness (QED) is 0.790. The van der Waals surface area contributed by atoms with Crippen molar-refractivity contribution in [2.75, 3.05) is 18.5 Å². The average Bonchev–Trinajstić information content (AvgIpc) is 2.82. The summed E-state index contributed by atoms with van der Waals surface area (Å²) in [4.78, 5) is 8.25. The summed E-state index contributed by atoms with van der Waals surface area (Å²) < 4.78 is 0. The molecule has 2 rings (SSSR count). The van der Waals surface area contributed by atoms with E-state index < -0.39 is 0 Å². The highest BCUT2D eigenvalue weighted by molar-refractivity contribution is 7.15. The van der Waals surface area contributed by atoms with Crippen molar-refractivity contribution < 1.29 is 0 Å². The summed E-state index contributed by atoms with van der Waals surface area (Å²) in [5.41, 5.74) is 2.46. The van der Waals surface area contributed by atoms with Gasteiger partial charge >= 0.3 is 0 Å². The summed E-state index contributed by atoms with van der Waals surface area (Å²) in [6.07, 6.45) is 1.17. The normalized spacial score (nSPS) is 10.8. The maximum atomic E-state index is 4.69. The average molecular weight is 289 g/mol. The second kappa shape index (κ2) is 7.41. The van der Waals surface area contributed by atoms with Crippen LogP contribution in [0.3, 0.4) is 0 Å². The lowest BCUT2D eigenvalue weighted by Crippen LogP contribution is -2.15. The lowest BCUT2D eigenvalue weighted by molar-refractivity contribution is 0.678. The molecular formula is C16H23N3S. The molecule has 0 saturated carbocycles.